The molecule has 1 N–H and O–H groups in total. The number of carbonyl (C=O) groups excluding carboxylic acids is 2. The van der Waals surface area contributed by atoms with E-state index in [9.17, 15) is 18.0 Å². The van der Waals surface area contributed by atoms with Gasteiger partial charge in [0.2, 0.25) is 11.8 Å². The maximum absolute atomic E-state index is 12.9. The fourth-order valence-corrected chi connectivity index (χ4v) is 6.47. The number of imide groups is 1. The van der Waals surface area contributed by atoms with Crippen LogP contribution in [0.4, 0.5) is 11.4 Å². The molecule has 1 aliphatic rings. The van der Waals surface area contributed by atoms with Crippen LogP contribution in [0.3, 0.4) is 0 Å². The van der Waals surface area contributed by atoms with Crippen LogP contribution in [0.1, 0.15) is 31.7 Å². The molecule has 0 saturated carbocycles. The van der Waals surface area contributed by atoms with Gasteiger partial charge < -0.3 is 0 Å². The van der Waals surface area contributed by atoms with Gasteiger partial charge in [0.15, 0.2) is 0 Å². The smallest absolute Gasteiger partial charge is 0.271 e. The Kier molecular flexibility index (Phi) is 6.41. The van der Waals surface area contributed by atoms with Crippen molar-refractivity contribution >= 4 is 56.3 Å². The Morgan fingerprint density at radius 2 is 1.72 bits per heavy atom. The number of anilines is 2. The van der Waals surface area contributed by atoms with Crippen LogP contribution in [0, 0.1) is 0 Å². The van der Waals surface area contributed by atoms with Crippen LogP contribution in [0.15, 0.2) is 75.1 Å². The predicted molar refractivity (Wildman–Crippen MR) is 129 cm³/mol. The van der Waals surface area contributed by atoms with E-state index >= 15 is 0 Å². The summed E-state index contributed by atoms with van der Waals surface area (Å²) in [7, 11) is -3.61. The Balaban J connectivity index is 1.43. The van der Waals surface area contributed by atoms with Crippen molar-refractivity contribution in [2.45, 2.75) is 40.5 Å². The molecule has 32 heavy (non-hydrogen) atoms. The van der Waals surface area contributed by atoms with E-state index in [1.165, 1.54) is 16.7 Å². The summed E-state index contributed by atoms with van der Waals surface area (Å²) in [6.07, 6.45) is 0.127. The summed E-state index contributed by atoms with van der Waals surface area (Å²) in [5.41, 5.74) is 2.17. The second-order valence-corrected chi connectivity index (χ2v) is 11.8. The molecule has 0 spiro atoms. The second-order valence-electron chi connectivity index (χ2n) is 7.69. The lowest BCUT2D eigenvalue weighted by Crippen LogP contribution is -2.31. The standard InChI is InChI=1S/C23H22N2O4S3/c1-15(2)16-5-9-18(10-6-16)25-21(26)14-20(23(25)27)31-19-11-7-17(8-12-19)24-32(28,29)22-4-3-13-30-22/h3-13,15,20,24H,14H2,1-2H3. The molecule has 1 unspecified atom stereocenters. The van der Waals surface area contributed by atoms with Crippen LogP contribution < -0.4 is 9.62 Å². The second kappa shape index (κ2) is 9.09. The molecule has 1 fully saturated rings. The highest BCUT2D eigenvalue weighted by Gasteiger charge is 2.40. The zero-order valence-corrected chi connectivity index (χ0v) is 20.0. The number of amides is 2. The van der Waals surface area contributed by atoms with Crippen LogP contribution in [-0.2, 0) is 19.6 Å². The quantitative estimate of drug-likeness (QED) is 0.470. The molecule has 4 rings (SSSR count). The van der Waals surface area contributed by atoms with Gasteiger partial charge in [-0.15, -0.1) is 23.1 Å². The molecule has 1 aliphatic heterocycles. The first-order valence-corrected chi connectivity index (χ1v) is 13.3. The van der Waals surface area contributed by atoms with Crippen molar-refractivity contribution < 1.29 is 18.0 Å². The van der Waals surface area contributed by atoms with Crippen molar-refractivity contribution in [2.24, 2.45) is 0 Å². The third-order valence-electron chi connectivity index (χ3n) is 5.07. The minimum absolute atomic E-state index is 0.127. The van der Waals surface area contributed by atoms with Crippen LogP contribution in [-0.4, -0.2) is 25.5 Å². The lowest BCUT2D eigenvalue weighted by atomic mass is 10.0. The van der Waals surface area contributed by atoms with Gasteiger partial charge in [-0.3, -0.25) is 14.3 Å². The maximum atomic E-state index is 12.9. The fourth-order valence-electron chi connectivity index (χ4n) is 3.36. The Morgan fingerprint density at radius 1 is 1.03 bits per heavy atom. The normalized spacial score (nSPS) is 16.7. The number of hydrogen-bond acceptors (Lipinski definition) is 6. The van der Waals surface area contributed by atoms with E-state index in [0.717, 1.165) is 21.8 Å². The molecule has 9 heteroatoms. The minimum Gasteiger partial charge on any atom is -0.279 e. The number of hydrogen-bond donors (Lipinski definition) is 1. The molecule has 1 aromatic heterocycles. The van der Waals surface area contributed by atoms with Crippen LogP contribution >= 0.6 is 23.1 Å². The highest BCUT2D eigenvalue weighted by molar-refractivity contribution is 8.00. The summed E-state index contributed by atoms with van der Waals surface area (Å²) in [5, 5.41) is 1.19. The third-order valence-corrected chi connectivity index (χ3v) is 9.04. The van der Waals surface area contributed by atoms with Gasteiger partial charge in [-0.25, -0.2) is 13.3 Å². The van der Waals surface area contributed by atoms with E-state index in [0.29, 0.717) is 17.3 Å². The largest absolute Gasteiger partial charge is 0.279 e. The molecular weight excluding hydrogens is 464 g/mol. The molecule has 2 amide bonds. The molecule has 0 bridgehead atoms. The van der Waals surface area contributed by atoms with Gasteiger partial charge in [0.25, 0.3) is 10.0 Å². The number of nitrogens with zero attached hydrogens (tertiary/aromatic N) is 1. The topological polar surface area (TPSA) is 83.6 Å². The number of benzene rings is 2. The van der Waals surface area contributed by atoms with Crippen molar-refractivity contribution in [1.82, 2.24) is 0 Å². The number of rotatable bonds is 7. The first-order valence-electron chi connectivity index (χ1n) is 10.0. The number of thioether (sulfide) groups is 1. The van der Waals surface area contributed by atoms with Gasteiger partial charge in [-0.05, 0) is 59.3 Å². The molecule has 0 radical (unpaired) electrons. The van der Waals surface area contributed by atoms with E-state index in [2.05, 4.69) is 18.6 Å². The molecule has 3 aromatic rings. The first kappa shape index (κ1) is 22.6. The summed E-state index contributed by atoms with van der Waals surface area (Å²) in [4.78, 5) is 27.5. The van der Waals surface area contributed by atoms with Crippen molar-refractivity contribution in [3.05, 3.63) is 71.6 Å². The maximum Gasteiger partial charge on any atom is 0.271 e. The highest BCUT2D eigenvalue weighted by atomic mass is 32.2. The van der Waals surface area contributed by atoms with Gasteiger partial charge in [0, 0.05) is 17.0 Å². The van der Waals surface area contributed by atoms with Gasteiger partial charge in [0.1, 0.15) is 4.21 Å². The summed E-state index contributed by atoms with van der Waals surface area (Å²) in [6.45, 7) is 4.18. The lowest BCUT2D eigenvalue weighted by Gasteiger charge is -2.16. The third kappa shape index (κ3) is 4.74. The van der Waals surface area contributed by atoms with E-state index in [-0.39, 0.29) is 22.4 Å². The highest BCUT2D eigenvalue weighted by Crippen LogP contribution is 2.35. The molecule has 1 saturated heterocycles. The summed E-state index contributed by atoms with van der Waals surface area (Å²) >= 11 is 2.45. The average molecular weight is 487 g/mol. The molecule has 2 aromatic carbocycles. The van der Waals surface area contributed by atoms with Crippen molar-refractivity contribution in [1.29, 1.82) is 0 Å². The van der Waals surface area contributed by atoms with Crippen molar-refractivity contribution in [2.75, 3.05) is 9.62 Å². The Hall–Kier alpha value is -2.62. The van der Waals surface area contributed by atoms with E-state index < -0.39 is 15.3 Å². The molecule has 1 atom stereocenters. The molecule has 0 aliphatic carbocycles. The van der Waals surface area contributed by atoms with Crippen LogP contribution in [0.2, 0.25) is 0 Å². The Bertz CT molecular complexity index is 1220. The van der Waals surface area contributed by atoms with Crippen LogP contribution in [0.5, 0.6) is 0 Å². The Labute approximate surface area is 195 Å². The summed E-state index contributed by atoms with van der Waals surface area (Å²) in [5.74, 6) is -0.0833. The van der Waals surface area contributed by atoms with E-state index in [4.69, 9.17) is 0 Å². The Morgan fingerprint density at radius 3 is 2.31 bits per heavy atom. The van der Waals surface area contributed by atoms with Crippen molar-refractivity contribution in [3.63, 3.8) is 0 Å². The van der Waals surface area contributed by atoms with Gasteiger partial charge >= 0.3 is 0 Å². The van der Waals surface area contributed by atoms with Gasteiger partial charge in [0.05, 0.1) is 10.9 Å². The van der Waals surface area contributed by atoms with Gasteiger partial charge in [-0.2, -0.15) is 0 Å². The number of thiophene rings is 1. The number of nitrogens with one attached hydrogen (secondary N) is 1. The molecule has 6 nitrogen and oxygen atoms in total. The SMILES string of the molecule is CC(C)c1ccc(N2C(=O)CC(Sc3ccc(NS(=O)(=O)c4cccs4)cc3)C2=O)cc1. The minimum atomic E-state index is -3.61. The monoisotopic (exact) mass is 486 g/mol. The van der Waals surface area contributed by atoms with Crippen LogP contribution in [0.25, 0.3) is 0 Å². The number of sulfonamides is 1. The van der Waals surface area contributed by atoms with E-state index in [1.807, 2.05) is 24.3 Å². The van der Waals surface area contributed by atoms with Gasteiger partial charge in [-0.1, -0.05) is 32.0 Å². The van der Waals surface area contributed by atoms with Crippen molar-refractivity contribution in [3.8, 4) is 0 Å². The lowest BCUT2D eigenvalue weighted by molar-refractivity contribution is -0.121. The first-order chi connectivity index (χ1) is 15.2. The molecule has 166 valence electrons. The zero-order chi connectivity index (χ0) is 22.9. The zero-order valence-electron chi connectivity index (χ0n) is 17.5. The summed E-state index contributed by atoms with van der Waals surface area (Å²) < 4.78 is 27.5. The molecular formula is C23H22N2O4S3. The average Bonchev–Trinajstić information content (AvgIpc) is 3.39. The predicted octanol–water partition coefficient (Wildman–Crippen LogP) is 5.10. The molecule has 2 heterocycles. The summed E-state index contributed by atoms with van der Waals surface area (Å²) in [6, 6.07) is 17.5. The fraction of sp³-hybridized carbons (Fsp3) is 0.217. The van der Waals surface area contributed by atoms with E-state index in [1.54, 1.807) is 41.8 Å². The number of carbonyl (C=O) groups is 2.